The molecule has 0 heterocycles. The van der Waals surface area contributed by atoms with E-state index in [2.05, 4.69) is 0 Å². The van der Waals surface area contributed by atoms with Crippen LogP contribution < -0.4 is 0 Å². The van der Waals surface area contributed by atoms with Crippen molar-refractivity contribution in [3.05, 3.63) is 10.1 Å². The Hall–Kier alpha value is 0.620. The summed E-state index contributed by atoms with van der Waals surface area (Å²) in [5.74, 6) is 0.781. The molecule has 0 unspecified atom stereocenters. The monoisotopic (exact) mass is 279 g/mol. The third-order valence-corrected chi connectivity index (χ3v) is 4.10. The van der Waals surface area contributed by atoms with Crippen LogP contribution in [0.25, 0.3) is 0 Å². The van der Waals surface area contributed by atoms with Gasteiger partial charge in [0.15, 0.2) is 0 Å². The molecular weight excluding hydrogens is 269 g/mol. The molecule has 0 aromatic rings. The van der Waals surface area contributed by atoms with E-state index in [1.165, 1.54) is 11.8 Å². The first kappa shape index (κ1) is 14.6. The number of nitro groups is 1. The zero-order valence-corrected chi connectivity index (χ0v) is 10.8. The van der Waals surface area contributed by atoms with Crippen LogP contribution >= 0.6 is 46.6 Å². The Morgan fingerprint density at radius 1 is 1.50 bits per heavy atom. The highest BCUT2D eigenvalue weighted by Crippen LogP contribution is 2.37. The van der Waals surface area contributed by atoms with Crippen LogP contribution in [0.4, 0.5) is 0 Å². The smallest absolute Gasteiger partial charge is 0.219 e. The van der Waals surface area contributed by atoms with Gasteiger partial charge in [-0.2, -0.15) is 0 Å². The summed E-state index contributed by atoms with van der Waals surface area (Å²) in [6.45, 7) is 1.73. The lowest BCUT2D eigenvalue weighted by Gasteiger charge is -2.19. The lowest BCUT2D eigenvalue weighted by molar-refractivity contribution is -0.478. The van der Waals surface area contributed by atoms with Gasteiger partial charge in [0.25, 0.3) is 0 Å². The van der Waals surface area contributed by atoms with Crippen molar-refractivity contribution in [3.8, 4) is 0 Å². The van der Waals surface area contributed by atoms with Crippen molar-refractivity contribution in [2.45, 2.75) is 28.8 Å². The van der Waals surface area contributed by atoms with Gasteiger partial charge in [-0.1, -0.05) is 48.1 Å². The number of thioether (sulfide) groups is 1. The normalized spacial score (nSPS) is 14.0. The fraction of sp³-hybridized carbons (Fsp3) is 1.00. The lowest BCUT2D eigenvalue weighted by atomic mass is 10.4. The maximum atomic E-state index is 10.3. The van der Waals surface area contributed by atoms with E-state index >= 15 is 0 Å². The topological polar surface area (TPSA) is 43.1 Å². The fourth-order valence-electron chi connectivity index (χ4n) is 0.756. The SMILES string of the molecule is CCCCS[C@@H](C[N+](=O)[O-])C(Cl)(Cl)Cl. The second-order valence-electron chi connectivity index (χ2n) is 2.77. The number of rotatable bonds is 6. The van der Waals surface area contributed by atoms with Gasteiger partial charge in [-0.05, 0) is 12.2 Å². The van der Waals surface area contributed by atoms with E-state index in [1.54, 1.807) is 0 Å². The molecule has 0 aromatic heterocycles. The molecule has 0 bridgehead atoms. The van der Waals surface area contributed by atoms with Gasteiger partial charge < -0.3 is 0 Å². The van der Waals surface area contributed by atoms with E-state index in [-0.39, 0.29) is 6.54 Å². The summed E-state index contributed by atoms with van der Waals surface area (Å²) < 4.78 is -1.56. The Morgan fingerprint density at radius 2 is 2.07 bits per heavy atom. The Kier molecular flexibility index (Phi) is 7.30. The van der Waals surface area contributed by atoms with Crippen molar-refractivity contribution in [1.29, 1.82) is 0 Å². The van der Waals surface area contributed by atoms with E-state index in [0.29, 0.717) is 0 Å². The Morgan fingerprint density at radius 3 is 2.43 bits per heavy atom. The van der Waals surface area contributed by atoms with Gasteiger partial charge in [0.2, 0.25) is 10.3 Å². The van der Waals surface area contributed by atoms with E-state index in [4.69, 9.17) is 34.8 Å². The highest BCUT2D eigenvalue weighted by Gasteiger charge is 2.36. The molecule has 0 amide bonds. The predicted molar refractivity (Wildman–Crippen MR) is 63.3 cm³/mol. The molecule has 0 aromatic carbocycles. The van der Waals surface area contributed by atoms with E-state index in [0.717, 1.165) is 18.6 Å². The maximum Gasteiger partial charge on any atom is 0.219 e. The molecule has 0 aliphatic carbocycles. The average molecular weight is 281 g/mol. The minimum absolute atomic E-state index is 0.315. The van der Waals surface area contributed by atoms with Gasteiger partial charge in [-0.3, -0.25) is 10.1 Å². The third kappa shape index (κ3) is 6.98. The molecule has 0 aliphatic rings. The molecule has 0 N–H and O–H groups in total. The molecule has 3 nitrogen and oxygen atoms in total. The van der Waals surface area contributed by atoms with E-state index in [1.807, 2.05) is 6.92 Å². The number of halogens is 3. The summed E-state index contributed by atoms with van der Waals surface area (Å²) in [6.07, 6.45) is 2.00. The van der Waals surface area contributed by atoms with Crippen LogP contribution in [0.1, 0.15) is 19.8 Å². The fourth-order valence-corrected chi connectivity index (χ4v) is 2.69. The van der Waals surface area contributed by atoms with Crippen molar-refractivity contribution in [2.75, 3.05) is 12.3 Å². The van der Waals surface area contributed by atoms with Crippen LogP contribution in [0.15, 0.2) is 0 Å². The van der Waals surface area contributed by atoms with Crippen LogP contribution in [0.2, 0.25) is 0 Å². The second kappa shape index (κ2) is 6.99. The lowest BCUT2D eigenvalue weighted by Crippen LogP contribution is -2.30. The molecule has 14 heavy (non-hydrogen) atoms. The summed E-state index contributed by atoms with van der Waals surface area (Å²) in [4.78, 5) is 9.85. The quantitative estimate of drug-likeness (QED) is 0.323. The molecule has 84 valence electrons. The molecule has 0 rings (SSSR count). The standard InChI is InChI=1S/C7H12Cl3NO2S/c1-2-3-4-14-6(5-11(12)13)7(8,9)10/h6H,2-5H2,1H3/t6-/m0/s1. The van der Waals surface area contributed by atoms with Crippen LogP contribution in [0.3, 0.4) is 0 Å². The van der Waals surface area contributed by atoms with Crippen molar-refractivity contribution in [1.82, 2.24) is 0 Å². The average Bonchev–Trinajstić information content (AvgIpc) is 2.00. The van der Waals surface area contributed by atoms with E-state index in [9.17, 15) is 10.1 Å². The van der Waals surface area contributed by atoms with Crippen molar-refractivity contribution in [2.24, 2.45) is 0 Å². The first-order valence-corrected chi connectivity index (χ1v) is 6.36. The second-order valence-corrected chi connectivity index (χ2v) is 6.45. The van der Waals surface area contributed by atoms with Gasteiger partial charge in [0, 0.05) is 4.92 Å². The van der Waals surface area contributed by atoms with Crippen molar-refractivity contribution >= 4 is 46.6 Å². The molecule has 7 heteroatoms. The Bertz CT molecular complexity index is 186. The van der Waals surface area contributed by atoms with Gasteiger partial charge in [0.05, 0.1) is 0 Å². The minimum atomic E-state index is -1.56. The summed E-state index contributed by atoms with van der Waals surface area (Å²) in [6, 6.07) is 0. The van der Waals surface area contributed by atoms with Crippen LogP contribution in [0.5, 0.6) is 0 Å². The highest BCUT2D eigenvalue weighted by molar-refractivity contribution is 8.00. The first-order valence-electron chi connectivity index (χ1n) is 4.18. The van der Waals surface area contributed by atoms with Gasteiger partial charge in [0.1, 0.15) is 5.25 Å². The zero-order valence-electron chi connectivity index (χ0n) is 7.71. The van der Waals surface area contributed by atoms with Crippen molar-refractivity contribution < 1.29 is 4.92 Å². The van der Waals surface area contributed by atoms with Crippen molar-refractivity contribution in [3.63, 3.8) is 0 Å². The summed E-state index contributed by atoms with van der Waals surface area (Å²) >= 11 is 18.2. The summed E-state index contributed by atoms with van der Waals surface area (Å²) in [7, 11) is 0. The third-order valence-electron chi connectivity index (χ3n) is 1.50. The minimum Gasteiger partial charge on any atom is -0.265 e. The molecule has 0 saturated carbocycles. The number of alkyl halides is 3. The van der Waals surface area contributed by atoms with Gasteiger partial charge >= 0.3 is 0 Å². The molecule has 1 atom stereocenters. The Balaban J connectivity index is 4.05. The Labute approximate surface area is 103 Å². The largest absolute Gasteiger partial charge is 0.265 e. The maximum absolute atomic E-state index is 10.3. The molecular formula is C7H12Cl3NO2S. The molecule has 0 fully saturated rings. The number of hydrogen-bond donors (Lipinski definition) is 0. The zero-order chi connectivity index (χ0) is 11.2. The molecule has 0 spiro atoms. The van der Waals surface area contributed by atoms with Crippen LogP contribution in [-0.2, 0) is 0 Å². The predicted octanol–water partition coefficient (Wildman–Crippen LogP) is 3.54. The number of unbranched alkanes of at least 4 members (excludes halogenated alkanes) is 1. The summed E-state index contributed by atoms with van der Waals surface area (Å²) in [5.41, 5.74) is 0. The number of hydrogen-bond acceptors (Lipinski definition) is 3. The molecule has 0 saturated heterocycles. The molecule has 0 aliphatic heterocycles. The highest BCUT2D eigenvalue weighted by atomic mass is 35.6. The van der Waals surface area contributed by atoms with E-state index < -0.39 is 14.0 Å². The first-order chi connectivity index (χ1) is 6.38. The summed E-state index contributed by atoms with van der Waals surface area (Å²) in [5, 5.41) is 9.73. The van der Waals surface area contributed by atoms with Gasteiger partial charge in [-0.15, -0.1) is 11.8 Å². The van der Waals surface area contributed by atoms with Crippen LogP contribution in [-0.4, -0.2) is 26.3 Å². The molecule has 0 radical (unpaired) electrons. The number of nitrogens with zero attached hydrogens (tertiary/aromatic N) is 1. The van der Waals surface area contributed by atoms with Gasteiger partial charge in [-0.25, -0.2) is 0 Å². The van der Waals surface area contributed by atoms with Crippen LogP contribution in [0, 0.1) is 10.1 Å².